The Morgan fingerprint density at radius 3 is 2.11 bits per heavy atom. The zero-order valence-corrected chi connectivity index (χ0v) is 15.7. The second kappa shape index (κ2) is 10.3. The smallest absolute Gasteiger partial charge is 0.119 e. The van der Waals surface area contributed by atoms with Crippen LogP contribution < -0.4 is 14.8 Å². The summed E-state index contributed by atoms with van der Waals surface area (Å²) >= 11 is 0. The molecule has 2 aromatic carbocycles. The molecule has 0 aliphatic heterocycles. The van der Waals surface area contributed by atoms with Crippen molar-refractivity contribution in [3.05, 3.63) is 90.3 Å². The van der Waals surface area contributed by atoms with Crippen LogP contribution in [0.5, 0.6) is 11.5 Å². The van der Waals surface area contributed by atoms with Gasteiger partial charge in [0.15, 0.2) is 0 Å². The van der Waals surface area contributed by atoms with Crippen LogP contribution in [0.3, 0.4) is 0 Å². The highest BCUT2D eigenvalue weighted by Crippen LogP contribution is 2.20. The molecule has 4 heteroatoms. The molecule has 0 fully saturated rings. The highest BCUT2D eigenvalue weighted by atomic mass is 16.5. The van der Waals surface area contributed by atoms with Gasteiger partial charge in [0.1, 0.15) is 18.1 Å². The first-order valence-corrected chi connectivity index (χ1v) is 9.41. The van der Waals surface area contributed by atoms with Crippen molar-refractivity contribution in [2.75, 3.05) is 19.8 Å². The summed E-state index contributed by atoms with van der Waals surface area (Å²) in [5.41, 5.74) is 2.19. The molecule has 0 radical (unpaired) electrons. The molecular formula is C23H26N2O2. The molecule has 0 aliphatic carbocycles. The van der Waals surface area contributed by atoms with Gasteiger partial charge in [0.25, 0.3) is 0 Å². The minimum atomic E-state index is 0.0424. The van der Waals surface area contributed by atoms with Crippen molar-refractivity contribution in [2.45, 2.75) is 19.4 Å². The summed E-state index contributed by atoms with van der Waals surface area (Å²) in [4.78, 5) is 4.51. The fourth-order valence-corrected chi connectivity index (χ4v) is 2.81. The monoisotopic (exact) mass is 362 g/mol. The number of benzene rings is 2. The summed E-state index contributed by atoms with van der Waals surface area (Å²) in [6.45, 7) is 4.12. The summed E-state index contributed by atoms with van der Waals surface area (Å²) in [6.07, 6.45) is 2.83. The van der Waals surface area contributed by atoms with Crippen LogP contribution >= 0.6 is 0 Å². The SMILES string of the molecule is CCCOc1ccc(OCCNC(c2ccccc2)c2ccccn2)cc1. The van der Waals surface area contributed by atoms with Crippen molar-refractivity contribution >= 4 is 0 Å². The fraction of sp³-hybridized carbons (Fsp3) is 0.261. The molecule has 3 rings (SSSR count). The molecule has 0 saturated heterocycles. The lowest BCUT2D eigenvalue weighted by Crippen LogP contribution is -2.27. The molecule has 0 saturated carbocycles. The van der Waals surface area contributed by atoms with Crippen LogP contribution in [0.1, 0.15) is 30.6 Å². The molecule has 1 N–H and O–H groups in total. The van der Waals surface area contributed by atoms with E-state index in [9.17, 15) is 0 Å². The van der Waals surface area contributed by atoms with Crippen molar-refractivity contribution in [1.29, 1.82) is 0 Å². The van der Waals surface area contributed by atoms with E-state index >= 15 is 0 Å². The Labute approximate surface area is 161 Å². The number of nitrogens with one attached hydrogen (secondary N) is 1. The van der Waals surface area contributed by atoms with Gasteiger partial charge in [-0.25, -0.2) is 0 Å². The van der Waals surface area contributed by atoms with E-state index in [1.54, 1.807) is 0 Å². The molecule has 0 bridgehead atoms. The molecule has 4 nitrogen and oxygen atoms in total. The zero-order chi connectivity index (χ0) is 18.7. The van der Waals surface area contributed by atoms with E-state index in [4.69, 9.17) is 9.47 Å². The van der Waals surface area contributed by atoms with E-state index in [-0.39, 0.29) is 6.04 Å². The van der Waals surface area contributed by atoms with Crippen LogP contribution in [0.4, 0.5) is 0 Å². The van der Waals surface area contributed by atoms with Crippen molar-refractivity contribution in [1.82, 2.24) is 10.3 Å². The molecule has 1 atom stereocenters. The standard InChI is InChI=1S/C23H26N2O2/c1-2-17-26-20-11-13-21(14-12-20)27-18-16-25-23(19-8-4-3-5-9-19)22-10-6-7-15-24-22/h3-15,23,25H,2,16-18H2,1H3. The molecule has 3 aromatic rings. The fourth-order valence-electron chi connectivity index (χ4n) is 2.81. The number of aromatic nitrogens is 1. The molecule has 1 unspecified atom stereocenters. The van der Waals surface area contributed by atoms with Crippen LogP contribution in [0.25, 0.3) is 0 Å². The summed E-state index contributed by atoms with van der Waals surface area (Å²) in [5.74, 6) is 1.72. The van der Waals surface area contributed by atoms with E-state index in [1.165, 1.54) is 5.56 Å². The molecule has 0 amide bonds. The Balaban J connectivity index is 1.54. The largest absolute Gasteiger partial charge is 0.494 e. The van der Waals surface area contributed by atoms with E-state index < -0.39 is 0 Å². The van der Waals surface area contributed by atoms with Gasteiger partial charge in [-0.3, -0.25) is 4.98 Å². The first kappa shape index (κ1) is 18.9. The number of hydrogen-bond acceptors (Lipinski definition) is 4. The third kappa shape index (κ3) is 5.83. The van der Waals surface area contributed by atoms with E-state index in [0.717, 1.165) is 30.2 Å². The minimum absolute atomic E-state index is 0.0424. The molecule has 0 spiro atoms. The van der Waals surface area contributed by atoms with Gasteiger partial charge < -0.3 is 14.8 Å². The number of hydrogen-bond donors (Lipinski definition) is 1. The molecule has 140 valence electrons. The Hall–Kier alpha value is -2.85. The number of nitrogens with zero attached hydrogens (tertiary/aromatic N) is 1. The lowest BCUT2D eigenvalue weighted by molar-refractivity contribution is 0.304. The van der Waals surface area contributed by atoms with E-state index in [0.29, 0.717) is 13.2 Å². The Bertz CT molecular complexity index is 737. The summed E-state index contributed by atoms with van der Waals surface area (Å²) in [6, 6.07) is 24.1. The van der Waals surface area contributed by atoms with E-state index in [1.807, 2.05) is 66.9 Å². The van der Waals surface area contributed by atoms with Gasteiger partial charge in [0.2, 0.25) is 0 Å². The number of rotatable bonds is 10. The lowest BCUT2D eigenvalue weighted by atomic mass is 10.0. The van der Waals surface area contributed by atoms with Crippen molar-refractivity contribution in [3.8, 4) is 11.5 Å². The highest BCUT2D eigenvalue weighted by Gasteiger charge is 2.14. The van der Waals surface area contributed by atoms with Crippen molar-refractivity contribution < 1.29 is 9.47 Å². The maximum absolute atomic E-state index is 5.85. The second-order valence-electron chi connectivity index (χ2n) is 6.22. The average Bonchev–Trinajstić information content (AvgIpc) is 2.74. The Kier molecular flexibility index (Phi) is 7.25. The van der Waals surface area contributed by atoms with E-state index in [2.05, 4.69) is 29.4 Å². The molecule has 27 heavy (non-hydrogen) atoms. The van der Waals surface area contributed by atoms with Crippen LogP contribution in [0, 0.1) is 0 Å². The van der Waals surface area contributed by atoms with Crippen molar-refractivity contribution in [2.24, 2.45) is 0 Å². The predicted octanol–water partition coefficient (Wildman–Crippen LogP) is 4.63. The Morgan fingerprint density at radius 2 is 1.48 bits per heavy atom. The zero-order valence-electron chi connectivity index (χ0n) is 15.7. The first-order valence-electron chi connectivity index (χ1n) is 9.41. The maximum Gasteiger partial charge on any atom is 0.119 e. The van der Waals surface area contributed by atoms with Gasteiger partial charge in [0.05, 0.1) is 18.3 Å². The summed E-state index contributed by atoms with van der Waals surface area (Å²) in [5, 5.41) is 3.55. The quantitative estimate of drug-likeness (QED) is 0.534. The molecule has 1 heterocycles. The van der Waals surface area contributed by atoms with Crippen molar-refractivity contribution in [3.63, 3.8) is 0 Å². The normalized spacial score (nSPS) is 11.7. The van der Waals surface area contributed by atoms with Crippen LogP contribution in [0.15, 0.2) is 79.0 Å². The topological polar surface area (TPSA) is 43.4 Å². The predicted molar refractivity (Wildman–Crippen MR) is 108 cm³/mol. The minimum Gasteiger partial charge on any atom is -0.494 e. The molecule has 0 aliphatic rings. The van der Waals surface area contributed by atoms with Crippen LogP contribution in [-0.2, 0) is 0 Å². The van der Waals surface area contributed by atoms with Gasteiger partial charge >= 0.3 is 0 Å². The van der Waals surface area contributed by atoms with Gasteiger partial charge in [-0.1, -0.05) is 43.3 Å². The van der Waals surface area contributed by atoms with Crippen LogP contribution in [-0.4, -0.2) is 24.7 Å². The lowest BCUT2D eigenvalue weighted by Gasteiger charge is -2.19. The molecular weight excluding hydrogens is 336 g/mol. The third-order valence-corrected chi connectivity index (χ3v) is 4.13. The Morgan fingerprint density at radius 1 is 0.815 bits per heavy atom. The maximum atomic E-state index is 5.85. The third-order valence-electron chi connectivity index (χ3n) is 4.13. The molecule has 1 aromatic heterocycles. The van der Waals surface area contributed by atoms with Gasteiger partial charge in [-0.15, -0.1) is 0 Å². The summed E-state index contributed by atoms with van der Waals surface area (Å²) < 4.78 is 11.4. The second-order valence-corrected chi connectivity index (χ2v) is 6.22. The first-order chi connectivity index (χ1) is 13.4. The van der Waals surface area contributed by atoms with Gasteiger partial charge in [-0.05, 0) is 48.4 Å². The summed E-state index contributed by atoms with van der Waals surface area (Å²) in [7, 11) is 0. The number of pyridine rings is 1. The van der Waals surface area contributed by atoms with Gasteiger partial charge in [0, 0.05) is 12.7 Å². The van der Waals surface area contributed by atoms with Gasteiger partial charge in [-0.2, -0.15) is 0 Å². The van der Waals surface area contributed by atoms with Crippen LogP contribution in [0.2, 0.25) is 0 Å². The number of ether oxygens (including phenoxy) is 2. The highest BCUT2D eigenvalue weighted by molar-refractivity contribution is 5.31. The average molecular weight is 362 g/mol.